The first-order chi connectivity index (χ1) is 6.61. The Morgan fingerprint density at radius 3 is 2.50 bits per heavy atom. The second-order valence-corrected chi connectivity index (χ2v) is 3.31. The molecule has 1 unspecified atom stereocenters. The number of carbonyl (C=O) groups is 1. The highest BCUT2D eigenvalue weighted by molar-refractivity contribution is 5.85. The molecule has 0 aliphatic carbocycles. The van der Waals surface area contributed by atoms with Gasteiger partial charge in [0, 0.05) is 12.2 Å². The standard InChI is InChI=1S/C11H20O3/c1-4-6-10(14-5-2)8-7-9(3)11(12)13/h10H,3-8H2,1-2H3,(H,12,13). The third kappa shape index (κ3) is 5.75. The van der Waals surface area contributed by atoms with Gasteiger partial charge in [0.1, 0.15) is 0 Å². The Hall–Kier alpha value is -0.830. The van der Waals surface area contributed by atoms with Gasteiger partial charge in [-0.25, -0.2) is 4.79 Å². The van der Waals surface area contributed by atoms with Gasteiger partial charge < -0.3 is 9.84 Å². The van der Waals surface area contributed by atoms with Crippen molar-refractivity contribution in [3.05, 3.63) is 12.2 Å². The SMILES string of the molecule is C=C(CCC(CCC)OCC)C(=O)O. The van der Waals surface area contributed by atoms with E-state index < -0.39 is 5.97 Å². The molecule has 0 spiro atoms. The van der Waals surface area contributed by atoms with E-state index in [-0.39, 0.29) is 11.7 Å². The molecule has 1 N–H and O–H groups in total. The second kappa shape index (κ2) is 7.56. The Kier molecular flexibility index (Phi) is 7.11. The van der Waals surface area contributed by atoms with Crippen LogP contribution in [0.4, 0.5) is 0 Å². The molecule has 0 aliphatic rings. The average molecular weight is 200 g/mol. The number of rotatable bonds is 8. The first-order valence-corrected chi connectivity index (χ1v) is 5.14. The minimum Gasteiger partial charge on any atom is -0.478 e. The average Bonchev–Trinajstić information content (AvgIpc) is 2.14. The summed E-state index contributed by atoms with van der Waals surface area (Å²) in [5, 5.41) is 8.61. The van der Waals surface area contributed by atoms with Gasteiger partial charge in [-0.05, 0) is 26.2 Å². The van der Waals surface area contributed by atoms with E-state index in [4.69, 9.17) is 9.84 Å². The number of carboxylic acids is 1. The van der Waals surface area contributed by atoms with Crippen LogP contribution >= 0.6 is 0 Å². The highest BCUT2D eigenvalue weighted by atomic mass is 16.5. The van der Waals surface area contributed by atoms with Gasteiger partial charge in [0.2, 0.25) is 0 Å². The lowest BCUT2D eigenvalue weighted by Crippen LogP contribution is -2.13. The van der Waals surface area contributed by atoms with E-state index in [1.54, 1.807) is 0 Å². The number of carboxylic acid groups (broad SMARTS) is 1. The summed E-state index contributed by atoms with van der Waals surface area (Å²) in [6.45, 7) is 8.22. The molecule has 0 aromatic carbocycles. The van der Waals surface area contributed by atoms with E-state index in [0.717, 1.165) is 19.3 Å². The molecule has 0 saturated carbocycles. The maximum atomic E-state index is 10.5. The van der Waals surface area contributed by atoms with Crippen LogP contribution in [0.15, 0.2) is 12.2 Å². The molecule has 0 aromatic rings. The van der Waals surface area contributed by atoms with E-state index in [1.807, 2.05) is 6.92 Å². The van der Waals surface area contributed by atoms with Crippen molar-refractivity contribution in [3.8, 4) is 0 Å². The summed E-state index contributed by atoms with van der Waals surface area (Å²) in [5.74, 6) is -0.906. The largest absolute Gasteiger partial charge is 0.478 e. The highest BCUT2D eigenvalue weighted by Gasteiger charge is 2.10. The number of hydrogen-bond acceptors (Lipinski definition) is 2. The molecular weight excluding hydrogens is 180 g/mol. The van der Waals surface area contributed by atoms with Gasteiger partial charge in [-0.1, -0.05) is 19.9 Å². The first-order valence-electron chi connectivity index (χ1n) is 5.14. The Morgan fingerprint density at radius 2 is 2.07 bits per heavy atom. The van der Waals surface area contributed by atoms with Crippen molar-refractivity contribution < 1.29 is 14.6 Å². The minimum absolute atomic E-state index is 0.182. The maximum absolute atomic E-state index is 10.5. The molecule has 14 heavy (non-hydrogen) atoms. The molecule has 3 nitrogen and oxygen atoms in total. The van der Waals surface area contributed by atoms with Crippen LogP contribution in [0.2, 0.25) is 0 Å². The lowest BCUT2D eigenvalue weighted by molar-refractivity contribution is -0.132. The summed E-state index contributed by atoms with van der Waals surface area (Å²) in [6, 6.07) is 0. The summed E-state index contributed by atoms with van der Waals surface area (Å²) in [7, 11) is 0. The van der Waals surface area contributed by atoms with Crippen molar-refractivity contribution in [1.82, 2.24) is 0 Å². The molecule has 0 rings (SSSR count). The van der Waals surface area contributed by atoms with Crippen molar-refractivity contribution in [2.75, 3.05) is 6.61 Å². The van der Waals surface area contributed by atoms with Crippen LogP contribution in [0, 0.1) is 0 Å². The van der Waals surface area contributed by atoms with Gasteiger partial charge in [-0.3, -0.25) is 0 Å². The van der Waals surface area contributed by atoms with E-state index in [1.165, 1.54) is 0 Å². The zero-order valence-electron chi connectivity index (χ0n) is 9.08. The Morgan fingerprint density at radius 1 is 1.43 bits per heavy atom. The number of hydrogen-bond donors (Lipinski definition) is 1. The van der Waals surface area contributed by atoms with Gasteiger partial charge in [0.15, 0.2) is 0 Å². The predicted molar refractivity (Wildman–Crippen MR) is 56.3 cm³/mol. The molecule has 0 radical (unpaired) electrons. The lowest BCUT2D eigenvalue weighted by Gasteiger charge is -2.15. The van der Waals surface area contributed by atoms with Crippen molar-refractivity contribution in [2.24, 2.45) is 0 Å². The van der Waals surface area contributed by atoms with Crippen molar-refractivity contribution in [2.45, 2.75) is 45.6 Å². The zero-order valence-corrected chi connectivity index (χ0v) is 9.08. The predicted octanol–water partition coefficient (Wildman–Crippen LogP) is 2.61. The maximum Gasteiger partial charge on any atom is 0.330 e. The van der Waals surface area contributed by atoms with Crippen molar-refractivity contribution >= 4 is 5.97 Å². The quantitative estimate of drug-likeness (QED) is 0.613. The summed E-state index contributed by atoms with van der Waals surface area (Å²) in [4.78, 5) is 10.5. The number of ether oxygens (including phenoxy) is 1. The lowest BCUT2D eigenvalue weighted by atomic mass is 10.1. The Labute approximate surface area is 85.8 Å². The van der Waals surface area contributed by atoms with Gasteiger partial charge in [-0.2, -0.15) is 0 Å². The fourth-order valence-corrected chi connectivity index (χ4v) is 1.31. The number of aliphatic carboxylic acids is 1. The van der Waals surface area contributed by atoms with Crippen molar-refractivity contribution in [1.29, 1.82) is 0 Å². The van der Waals surface area contributed by atoms with Crippen LogP contribution in [-0.2, 0) is 9.53 Å². The Bertz CT molecular complexity index is 181. The molecule has 0 bridgehead atoms. The first kappa shape index (κ1) is 13.2. The molecule has 0 fully saturated rings. The Balaban J connectivity index is 3.80. The van der Waals surface area contributed by atoms with E-state index in [2.05, 4.69) is 13.5 Å². The topological polar surface area (TPSA) is 46.5 Å². The third-order valence-electron chi connectivity index (χ3n) is 2.08. The monoisotopic (exact) mass is 200 g/mol. The molecular formula is C11H20O3. The second-order valence-electron chi connectivity index (χ2n) is 3.31. The molecule has 0 amide bonds. The van der Waals surface area contributed by atoms with Gasteiger partial charge in [0.25, 0.3) is 0 Å². The third-order valence-corrected chi connectivity index (χ3v) is 2.08. The normalized spacial score (nSPS) is 12.4. The summed E-state index contributed by atoms with van der Waals surface area (Å²) >= 11 is 0. The van der Waals surface area contributed by atoms with Gasteiger partial charge >= 0.3 is 5.97 Å². The van der Waals surface area contributed by atoms with Crippen LogP contribution in [0.3, 0.4) is 0 Å². The minimum atomic E-state index is -0.906. The van der Waals surface area contributed by atoms with E-state index >= 15 is 0 Å². The molecule has 82 valence electrons. The molecule has 3 heteroatoms. The summed E-state index contributed by atoms with van der Waals surface area (Å²) in [5.41, 5.74) is 0.269. The zero-order chi connectivity index (χ0) is 11.0. The molecule has 1 atom stereocenters. The van der Waals surface area contributed by atoms with Gasteiger partial charge in [-0.15, -0.1) is 0 Å². The fraction of sp³-hybridized carbons (Fsp3) is 0.727. The van der Waals surface area contributed by atoms with Crippen molar-refractivity contribution in [3.63, 3.8) is 0 Å². The van der Waals surface area contributed by atoms with E-state index in [9.17, 15) is 4.79 Å². The van der Waals surface area contributed by atoms with E-state index in [0.29, 0.717) is 13.0 Å². The molecule has 0 aromatic heterocycles. The molecule has 0 saturated heterocycles. The van der Waals surface area contributed by atoms with Crippen LogP contribution in [0.5, 0.6) is 0 Å². The van der Waals surface area contributed by atoms with Gasteiger partial charge in [0.05, 0.1) is 6.10 Å². The highest BCUT2D eigenvalue weighted by Crippen LogP contribution is 2.13. The smallest absolute Gasteiger partial charge is 0.330 e. The fourth-order valence-electron chi connectivity index (χ4n) is 1.31. The molecule has 0 heterocycles. The van der Waals surface area contributed by atoms with Crippen LogP contribution < -0.4 is 0 Å². The summed E-state index contributed by atoms with van der Waals surface area (Å²) < 4.78 is 5.48. The van der Waals surface area contributed by atoms with Crippen LogP contribution in [-0.4, -0.2) is 23.8 Å². The summed E-state index contributed by atoms with van der Waals surface area (Å²) in [6.07, 6.45) is 3.50. The molecule has 0 aliphatic heterocycles. The van der Waals surface area contributed by atoms with Crippen LogP contribution in [0.25, 0.3) is 0 Å². The van der Waals surface area contributed by atoms with Crippen LogP contribution in [0.1, 0.15) is 39.5 Å².